The second kappa shape index (κ2) is 5.07. The third-order valence-corrected chi connectivity index (χ3v) is 3.33. The van der Waals surface area contributed by atoms with Gasteiger partial charge in [0.05, 0.1) is 4.92 Å². The molecular formula is C11H15ClN4O2. The summed E-state index contributed by atoms with van der Waals surface area (Å²) in [6.07, 6.45) is 0. The summed E-state index contributed by atoms with van der Waals surface area (Å²) in [5.74, 6) is 0.369. The number of aromatic nitrogens is 1. The Morgan fingerprint density at radius 3 is 2.83 bits per heavy atom. The van der Waals surface area contributed by atoms with E-state index in [-0.39, 0.29) is 16.9 Å². The van der Waals surface area contributed by atoms with Crippen LogP contribution < -0.4 is 4.90 Å². The largest absolute Gasteiger partial charge is 0.346 e. The van der Waals surface area contributed by atoms with E-state index in [0.29, 0.717) is 12.4 Å². The molecule has 98 valence electrons. The quantitative estimate of drug-likeness (QED) is 0.466. The number of anilines is 1. The fourth-order valence-electron chi connectivity index (χ4n) is 2.23. The summed E-state index contributed by atoms with van der Waals surface area (Å²) in [6.45, 7) is 4.45. The predicted octanol–water partition coefficient (Wildman–Crippen LogP) is 1.78. The molecule has 18 heavy (non-hydrogen) atoms. The average Bonchev–Trinajstić information content (AvgIpc) is 2.28. The van der Waals surface area contributed by atoms with Crippen molar-refractivity contribution in [1.29, 1.82) is 0 Å². The zero-order chi connectivity index (χ0) is 13.3. The number of halogens is 1. The molecule has 1 aliphatic heterocycles. The van der Waals surface area contributed by atoms with Crippen molar-refractivity contribution in [1.82, 2.24) is 9.88 Å². The Balaban J connectivity index is 2.37. The van der Waals surface area contributed by atoms with E-state index in [0.717, 1.165) is 13.1 Å². The summed E-state index contributed by atoms with van der Waals surface area (Å²) < 4.78 is 0. The predicted molar refractivity (Wildman–Crippen MR) is 70.2 cm³/mol. The van der Waals surface area contributed by atoms with E-state index in [4.69, 9.17) is 11.6 Å². The molecule has 0 saturated carbocycles. The highest BCUT2D eigenvalue weighted by molar-refractivity contribution is 6.29. The summed E-state index contributed by atoms with van der Waals surface area (Å²) in [4.78, 5) is 18.9. The Hall–Kier alpha value is -1.40. The molecule has 1 saturated heterocycles. The van der Waals surface area contributed by atoms with Crippen LogP contribution in [-0.4, -0.2) is 47.5 Å². The Kier molecular flexibility index (Phi) is 3.68. The molecule has 0 radical (unpaired) electrons. The maximum atomic E-state index is 11.0. The van der Waals surface area contributed by atoms with Crippen LogP contribution in [0.1, 0.15) is 6.92 Å². The van der Waals surface area contributed by atoms with Gasteiger partial charge in [-0.1, -0.05) is 11.6 Å². The molecule has 0 N–H and O–H groups in total. The zero-order valence-electron chi connectivity index (χ0n) is 10.3. The molecule has 2 heterocycles. The molecule has 0 spiro atoms. The number of piperazine rings is 1. The Labute approximate surface area is 110 Å². The molecule has 0 bridgehead atoms. The molecule has 1 aromatic heterocycles. The number of hydrogen-bond donors (Lipinski definition) is 0. The van der Waals surface area contributed by atoms with Crippen LogP contribution in [0, 0.1) is 10.1 Å². The number of nitro groups is 1. The van der Waals surface area contributed by atoms with E-state index in [1.165, 1.54) is 12.1 Å². The summed E-state index contributed by atoms with van der Waals surface area (Å²) in [6, 6.07) is 3.04. The van der Waals surface area contributed by atoms with Crippen LogP contribution in [0.5, 0.6) is 0 Å². The second-order valence-electron chi connectivity index (χ2n) is 4.54. The first-order valence-electron chi connectivity index (χ1n) is 5.75. The van der Waals surface area contributed by atoms with Gasteiger partial charge < -0.3 is 9.80 Å². The Morgan fingerprint density at radius 1 is 1.50 bits per heavy atom. The Morgan fingerprint density at radius 2 is 2.22 bits per heavy atom. The second-order valence-corrected chi connectivity index (χ2v) is 4.93. The molecule has 1 aliphatic rings. The third-order valence-electron chi connectivity index (χ3n) is 3.12. The SMILES string of the molecule is CC1CN(C)CCN1c1nc(Cl)ccc1[N+](=O)[O-]. The van der Waals surface area contributed by atoms with Crippen molar-refractivity contribution < 1.29 is 4.92 Å². The highest BCUT2D eigenvalue weighted by atomic mass is 35.5. The molecule has 1 atom stereocenters. The minimum atomic E-state index is -0.413. The molecular weight excluding hydrogens is 256 g/mol. The van der Waals surface area contributed by atoms with Gasteiger partial charge in [-0.25, -0.2) is 4.98 Å². The molecule has 7 heteroatoms. The lowest BCUT2D eigenvalue weighted by molar-refractivity contribution is -0.384. The molecule has 6 nitrogen and oxygen atoms in total. The van der Waals surface area contributed by atoms with Gasteiger partial charge in [0, 0.05) is 31.7 Å². The Bertz CT molecular complexity index is 468. The van der Waals surface area contributed by atoms with Crippen LogP contribution >= 0.6 is 11.6 Å². The summed E-state index contributed by atoms with van der Waals surface area (Å²) in [7, 11) is 2.04. The summed E-state index contributed by atoms with van der Waals surface area (Å²) in [5.41, 5.74) is 0.0100. The van der Waals surface area contributed by atoms with Gasteiger partial charge in [-0.05, 0) is 20.0 Å². The minimum Gasteiger partial charge on any atom is -0.346 e. The average molecular weight is 271 g/mol. The van der Waals surface area contributed by atoms with Gasteiger partial charge in [0.25, 0.3) is 0 Å². The highest BCUT2D eigenvalue weighted by Gasteiger charge is 2.28. The van der Waals surface area contributed by atoms with Crippen molar-refractivity contribution in [2.45, 2.75) is 13.0 Å². The summed E-state index contributed by atoms with van der Waals surface area (Å²) in [5, 5.41) is 11.3. The van der Waals surface area contributed by atoms with Gasteiger partial charge >= 0.3 is 5.69 Å². The number of hydrogen-bond acceptors (Lipinski definition) is 5. The van der Waals surface area contributed by atoms with Crippen molar-refractivity contribution in [2.24, 2.45) is 0 Å². The van der Waals surface area contributed by atoms with E-state index in [1.54, 1.807) is 0 Å². The summed E-state index contributed by atoms with van der Waals surface area (Å²) >= 11 is 5.85. The lowest BCUT2D eigenvalue weighted by Gasteiger charge is -2.38. The first kappa shape index (κ1) is 13.0. The maximum absolute atomic E-state index is 11.0. The number of nitrogens with zero attached hydrogens (tertiary/aromatic N) is 4. The van der Waals surface area contributed by atoms with E-state index < -0.39 is 4.92 Å². The maximum Gasteiger partial charge on any atom is 0.311 e. The first-order valence-corrected chi connectivity index (χ1v) is 6.13. The molecule has 1 fully saturated rings. The molecule has 1 unspecified atom stereocenters. The first-order chi connectivity index (χ1) is 8.49. The van der Waals surface area contributed by atoms with E-state index >= 15 is 0 Å². The number of rotatable bonds is 2. The number of likely N-dealkylation sites (N-methyl/N-ethyl adjacent to an activating group) is 1. The van der Waals surface area contributed by atoms with Crippen molar-refractivity contribution in [3.8, 4) is 0 Å². The van der Waals surface area contributed by atoms with Gasteiger partial charge in [-0.3, -0.25) is 10.1 Å². The van der Waals surface area contributed by atoms with E-state index in [1.807, 2.05) is 18.9 Å². The van der Waals surface area contributed by atoms with E-state index in [9.17, 15) is 10.1 Å². The smallest absolute Gasteiger partial charge is 0.311 e. The van der Waals surface area contributed by atoms with Gasteiger partial charge in [0.1, 0.15) is 5.15 Å². The normalized spacial score (nSPS) is 21.1. The molecule has 2 rings (SSSR count). The van der Waals surface area contributed by atoms with Crippen LogP contribution in [-0.2, 0) is 0 Å². The van der Waals surface area contributed by atoms with Crippen LogP contribution in [0.15, 0.2) is 12.1 Å². The molecule has 0 aliphatic carbocycles. The van der Waals surface area contributed by atoms with Crippen molar-refractivity contribution in [3.05, 3.63) is 27.4 Å². The van der Waals surface area contributed by atoms with Crippen LogP contribution in [0.2, 0.25) is 5.15 Å². The van der Waals surface area contributed by atoms with E-state index in [2.05, 4.69) is 9.88 Å². The van der Waals surface area contributed by atoms with Crippen molar-refractivity contribution in [3.63, 3.8) is 0 Å². The molecule has 0 aromatic carbocycles. The van der Waals surface area contributed by atoms with Gasteiger partial charge in [-0.15, -0.1) is 0 Å². The third kappa shape index (κ3) is 2.54. The fourth-order valence-corrected chi connectivity index (χ4v) is 2.37. The van der Waals surface area contributed by atoms with Gasteiger partial charge in [0.15, 0.2) is 0 Å². The minimum absolute atomic E-state index is 0.0100. The topological polar surface area (TPSA) is 62.5 Å². The van der Waals surface area contributed by atoms with Crippen LogP contribution in [0.4, 0.5) is 11.5 Å². The zero-order valence-corrected chi connectivity index (χ0v) is 11.1. The van der Waals surface area contributed by atoms with Crippen LogP contribution in [0.25, 0.3) is 0 Å². The van der Waals surface area contributed by atoms with Crippen LogP contribution in [0.3, 0.4) is 0 Å². The molecule has 0 amide bonds. The highest BCUT2D eigenvalue weighted by Crippen LogP contribution is 2.30. The standard InChI is InChI=1S/C11H15ClN4O2/c1-8-7-14(2)5-6-15(8)11-9(16(17)18)3-4-10(12)13-11/h3-4,8H,5-7H2,1-2H3. The lowest BCUT2D eigenvalue weighted by Crippen LogP contribution is -2.51. The van der Waals surface area contributed by atoms with Crippen molar-refractivity contribution >= 4 is 23.1 Å². The lowest BCUT2D eigenvalue weighted by atomic mass is 10.2. The fraction of sp³-hybridized carbons (Fsp3) is 0.545. The number of pyridine rings is 1. The van der Waals surface area contributed by atoms with Crippen molar-refractivity contribution in [2.75, 3.05) is 31.6 Å². The van der Waals surface area contributed by atoms with Gasteiger partial charge in [-0.2, -0.15) is 0 Å². The monoisotopic (exact) mass is 270 g/mol. The molecule has 1 aromatic rings. The van der Waals surface area contributed by atoms with Gasteiger partial charge in [0.2, 0.25) is 5.82 Å².